The van der Waals surface area contributed by atoms with E-state index in [1.54, 1.807) is 14.2 Å². The molecule has 1 saturated heterocycles. The van der Waals surface area contributed by atoms with Gasteiger partial charge in [-0.15, -0.1) is 0 Å². The average Bonchev–Trinajstić information content (AvgIpc) is 2.82. The van der Waals surface area contributed by atoms with Crippen LogP contribution >= 0.6 is 0 Å². The summed E-state index contributed by atoms with van der Waals surface area (Å²) in [6, 6.07) is 7.67. The number of carbonyl (C=O) groups is 1. The predicted molar refractivity (Wildman–Crippen MR) is 81.1 cm³/mol. The number of benzene rings is 1. The molecule has 1 fully saturated rings. The molecule has 0 bridgehead atoms. The van der Waals surface area contributed by atoms with Gasteiger partial charge >= 0.3 is 0 Å². The molecule has 0 aromatic heterocycles. The van der Waals surface area contributed by atoms with E-state index >= 15 is 0 Å². The average molecular weight is 292 g/mol. The van der Waals surface area contributed by atoms with Crippen molar-refractivity contribution in [2.75, 3.05) is 27.4 Å². The van der Waals surface area contributed by atoms with Gasteiger partial charge in [0.2, 0.25) is 5.91 Å². The maximum absolute atomic E-state index is 12.6. The number of nitrogens with zero attached hydrogens (tertiary/aromatic N) is 1. The van der Waals surface area contributed by atoms with Crippen molar-refractivity contribution < 1.29 is 14.3 Å². The Hall–Kier alpha value is -1.59. The lowest BCUT2D eigenvalue weighted by Gasteiger charge is -2.24. The van der Waals surface area contributed by atoms with Crippen LogP contribution in [0.15, 0.2) is 24.3 Å². The van der Waals surface area contributed by atoms with E-state index in [2.05, 4.69) is 19.2 Å². The number of methoxy groups -OCH3 is 2. The van der Waals surface area contributed by atoms with Crippen LogP contribution in [0.4, 0.5) is 0 Å². The van der Waals surface area contributed by atoms with Gasteiger partial charge in [-0.25, -0.2) is 0 Å². The van der Waals surface area contributed by atoms with E-state index in [0.717, 1.165) is 11.3 Å². The number of ether oxygens (including phenoxy) is 2. The molecule has 5 nitrogen and oxygen atoms in total. The van der Waals surface area contributed by atoms with Crippen molar-refractivity contribution in [1.82, 2.24) is 10.2 Å². The first-order valence-corrected chi connectivity index (χ1v) is 7.28. The molecule has 0 saturated carbocycles. The summed E-state index contributed by atoms with van der Waals surface area (Å²) in [4.78, 5) is 14.4. The molecule has 2 rings (SSSR count). The molecular formula is C16H24N2O3. The van der Waals surface area contributed by atoms with Crippen LogP contribution in [0.3, 0.4) is 0 Å². The molecule has 0 spiro atoms. The summed E-state index contributed by atoms with van der Waals surface area (Å²) in [5.41, 5.74) is 1.03. The zero-order chi connectivity index (χ0) is 15.4. The van der Waals surface area contributed by atoms with Crippen LogP contribution in [0.1, 0.15) is 25.6 Å². The molecule has 1 amide bonds. The third-order valence-corrected chi connectivity index (χ3v) is 3.81. The van der Waals surface area contributed by atoms with E-state index in [1.807, 2.05) is 29.2 Å². The SMILES string of the molecule is COCCN1C(=O)C(C(C)C)NC1c1cccc(OC)c1. The van der Waals surface area contributed by atoms with Crippen molar-refractivity contribution in [3.05, 3.63) is 29.8 Å². The molecule has 21 heavy (non-hydrogen) atoms. The van der Waals surface area contributed by atoms with Crippen LogP contribution in [-0.4, -0.2) is 44.2 Å². The topological polar surface area (TPSA) is 50.8 Å². The predicted octanol–water partition coefficient (Wildman–Crippen LogP) is 1.80. The second kappa shape index (κ2) is 6.91. The minimum absolute atomic E-state index is 0.129. The van der Waals surface area contributed by atoms with E-state index < -0.39 is 0 Å². The van der Waals surface area contributed by atoms with Crippen LogP contribution in [0.2, 0.25) is 0 Å². The summed E-state index contributed by atoms with van der Waals surface area (Å²) < 4.78 is 10.4. The highest BCUT2D eigenvalue weighted by molar-refractivity contribution is 5.84. The lowest BCUT2D eigenvalue weighted by molar-refractivity contribution is -0.131. The van der Waals surface area contributed by atoms with Crippen LogP contribution in [0, 0.1) is 5.92 Å². The normalized spacial score (nSPS) is 22.1. The zero-order valence-corrected chi connectivity index (χ0v) is 13.1. The largest absolute Gasteiger partial charge is 0.497 e. The zero-order valence-electron chi connectivity index (χ0n) is 13.1. The first-order valence-electron chi connectivity index (χ1n) is 7.28. The molecule has 1 aliphatic heterocycles. The van der Waals surface area contributed by atoms with E-state index in [4.69, 9.17) is 9.47 Å². The summed E-state index contributed by atoms with van der Waals surface area (Å²) in [7, 11) is 3.29. The molecule has 1 aromatic carbocycles. The van der Waals surface area contributed by atoms with Crippen LogP contribution in [0.25, 0.3) is 0 Å². The van der Waals surface area contributed by atoms with E-state index in [1.165, 1.54) is 0 Å². The minimum atomic E-state index is -0.155. The molecule has 1 aliphatic rings. The van der Waals surface area contributed by atoms with Crippen LogP contribution in [-0.2, 0) is 9.53 Å². The van der Waals surface area contributed by atoms with Gasteiger partial charge in [0.1, 0.15) is 11.9 Å². The number of carbonyl (C=O) groups excluding carboxylic acids is 1. The number of nitrogens with one attached hydrogen (secondary N) is 1. The van der Waals surface area contributed by atoms with Crippen LogP contribution in [0.5, 0.6) is 5.75 Å². The quantitative estimate of drug-likeness (QED) is 0.868. The Labute approximate surface area is 126 Å². The third kappa shape index (κ3) is 3.36. The maximum atomic E-state index is 12.6. The number of rotatable bonds is 6. The lowest BCUT2D eigenvalue weighted by atomic mass is 10.1. The van der Waals surface area contributed by atoms with Gasteiger partial charge in [0, 0.05) is 13.7 Å². The van der Waals surface area contributed by atoms with Gasteiger partial charge in [0.25, 0.3) is 0 Å². The molecule has 0 aliphatic carbocycles. The molecule has 2 unspecified atom stereocenters. The van der Waals surface area contributed by atoms with E-state index in [-0.39, 0.29) is 24.0 Å². The Morgan fingerprint density at radius 1 is 1.33 bits per heavy atom. The summed E-state index contributed by atoms with van der Waals surface area (Å²) in [6.07, 6.45) is -0.129. The van der Waals surface area contributed by atoms with Crippen molar-refractivity contribution >= 4 is 5.91 Å². The molecule has 2 atom stereocenters. The summed E-state index contributed by atoms with van der Waals surface area (Å²) in [5, 5.41) is 3.43. The highest BCUT2D eigenvalue weighted by atomic mass is 16.5. The Bertz CT molecular complexity index is 490. The van der Waals surface area contributed by atoms with Gasteiger partial charge in [-0.2, -0.15) is 0 Å². The Balaban J connectivity index is 2.27. The van der Waals surface area contributed by atoms with Gasteiger partial charge in [0.05, 0.1) is 19.8 Å². The third-order valence-electron chi connectivity index (χ3n) is 3.81. The van der Waals surface area contributed by atoms with Gasteiger partial charge in [-0.05, 0) is 23.6 Å². The Kier molecular flexibility index (Phi) is 5.20. The van der Waals surface area contributed by atoms with Crippen molar-refractivity contribution in [3.8, 4) is 5.75 Å². The lowest BCUT2D eigenvalue weighted by Crippen LogP contribution is -2.35. The molecule has 1 N–H and O–H groups in total. The summed E-state index contributed by atoms with van der Waals surface area (Å²) >= 11 is 0. The highest BCUT2D eigenvalue weighted by Gasteiger charge is 2.40. The van der Waals surface area contributed by atoms with Crippen molar-refractivity contribution in [1.29, 1.82) is 0 Å². The van der Waals surface area contributed by atoms with Crippen molar-refractivity contribution in [2.24, 2.45) is 5.92 Å². The Morgan fingerprint density at radius 3 is 2.71 bits per heavy atom. The van der Waals surface area contributed by atoms with Gasteiger partial charge in [0.15, 0.2) is 0 Å². The molecule has 1 aromatic rings. The fraction of sp³-hybridized carbons (Fsp3) is 0.562. The summed E-state index contributed by atoms with van der Waals surface area (Å²) in [5.74, 6) is 1.18. The first-order chi connectivity index (χ1) is 10.1. The standard InChI is InChI=1S/C16H24N2O3/c1-11(2)14-16(19)18(8-9-20-3)15(17-14)12-6-5-7-13(10-12)21-4/h5-7,10-11,14-15,17H,8-9H2,1-4H3. The van der Waals surface area contributed by atoms with Gasteiger partial charge < -0.3 is 14.4 Å². The molecule has 5 heteroatoms. The Morgan fingerprint density at radius 2 is 2.10 bits per heavy atom. The highest BCUT2D eigenvalue weighted by Crippen LogP contribution is 2.29. The monoisotopic (exact) mass is 292 g/mol. The van der Waals surface area contributed by atoms with Gasteiger partial charge in [-0.1, -0.05) is 26.0 Å². The molecule has 116 valence electrons. The first kappa shape index (κ1) is 15.8. The smallest absolute Gasteiger partial charge is 0.241 e. The van der Waals surface area contributed by atoms with E-state index in [0.29, 0.717) is 13.2 Å². The number of hydrogen-bond donors (Lipinski definition) is 1. The summed E-state index contributed by atoms with van der Waals surface area (Å²) in [6.45, 7) is 5.21. The fourth-order valence-corrected chi connectivity index (χ4v) is 2.63. The fourth-order valence-electron chi connectivity index (χ4n) is 2.63. The second-order valence-corrected chi connectivity index (χ2v) is 5.59. The van der Waals surface area contributed by atoms with Gasteiger partial charge in [-0.3, -0.25) is 10.1 Å². The molecular weight excluding hydrogens is 268 g/mol. The second-order valence-electron chi connectivity index (χ2n) is 5.59. The van der Waals surface area contributed by atoms with Crippen molar-refractivity contribution in [2.45, 2.75) is 26.1 Å². The number of amides is 1. The minimum Gasteiger partial charge on any atom is -0.497 e. The van der Waals surface area contributed by atoms with Crippen LogP contribution < -0.4 is 10.1 Å². The maximum Gasteiger partial charge on any atom is 0.241 e. The van der Waals surface area contributed by atoms with E-state index in [9.17, 15) is 4.79 Å². The number of hydrogen-bond acceptors (Lipinski definition) is 4. The van der Waals surface area contributed by atoms with Crippen molar-refractivity contribution in [3.63, 3.8) is 0 Å². The molecule has 1 heterocycles. The molecule has 0 radical (unpaired) electrons.